The molecule has 0 aliphatic carbocycles. The third-order valence-corrected chi connectivity index (χ3v) is 3.52. The maximum atomic E-state index is 6.28. The van der Waals surface area contributed by atoms with E-state index in [1.54, 1.807) is 0 Å². The summed E-state index contributed by atoms with van der Waals surface area (Å²) in [6.45, 7) is 2.95. The summed E-state index contributed by atoms with van der Waals surface area (Å²) in [7, 11) is 0. The topological polar surface area (TPSA) is 18.5 Å². The van der Waals surface area contributed by atoms with Crippen molar-refractivity contribution in [2.75, 3.05) is 6.61 Å². The van der Waals surface area contributed by atoms with Crippen LogP contribution in [0.25, 0.3) is 0 Å². The van der Waals surface area contributed by atoms with Gasteiger partial charge in [-0.3, -0.25) is 0 Å². The molecule has 100 valence electrons. The Hall–Kier alpha value is -1.19. The molecule has 0 bridgehead atoms. The molecule has 0 atom stereocenters. The first-order valence-corrected chi connectivity index (χ1v) is 7.17. The second-order valence-corrected chi connectivity index (χ2v) is 5.13. The summed E-state index contributed by atoms with van der Waals surface area (Å²) in [5, 5.41) is 0.493. The van der Waals surface area contributed by atoms with Gasteiger partial charge in [-0.25, -0.2) is 0 Å². The van der Waals surface area contributed by atoms with Crippen molar-refractivity contribution < 1.29 is 9.47 Å². The average Bonchev–Trinajstić information content (AvgIpc) is 2.44. The fraction of sp³-hybridized carbons (Fsp3) is 0.200. The molecule has 0 aliphatic heterocycles. The Morgan fingerprint density at radius 1 is 1.05 bits per heavy atom. The highest BCUT2D eigenvalue weighted by atomic mass is 79.9. The first-order valence-electron chi connectivity index (χ1n) is 6.00. The molecule has 2 nitrogen and oxygen atoms in total. The normalized spacial score (nSPS) is 10.3. The van der Waals surface area contributed by atoms with Crippen molar-refractivity contribution in [1.29, 1.82) is 0 Å². The molecule has 0 unspecified atom stereocenters. The molecule has 0 saturated carbocycles. The van der Waals surface area contributed by atoms with Crippen LogP contribution in [0.3, 0.4) is 0 Å². The van der Waals surface area contributed by atoms with Gasteiger partial charge >= 0.3 is 0 Å². The smallest absolute Gasteiger partial charge is 0.155 e. The molecule has 19 heavy (non-hydrogen) atoms. The lowest BCUT2D eigenvalue weighted by atomic mass is 10.2. The summed E-state index contributed by atoms with van der Waals surface area (Å²) in [6.07, 6.45) is 0. The van der Waals surface area contributed by atoms with E-state index in [1.807, 2.05) is 49.4 Å². The zero-order chi connectivity index (χ0) is 13.7. The average molecular weight is 342 g/mol. The molecule has 0 heterocycles. The molecule has 0 amide bonds. The maximum Gasteiger partial charge on any atom is 0.155 e. The van der Waals surface area contributed by atoms with E-state index in [-0.39, 0.29) is 0 Å². The predicted octanol–water partition coefficient (Wildman–Crippen LogP) is 5.08. The Bertz CT molecular complexity index is 543. The van der Waals surface area contributed by atoms with Gasteiger partial charge in [0.1, 0.15) is 17.4 Å². The summed E-state index contributed by atoms with van der Waals surface area (Å²) in [4.78, 5) is 0. The highest BCUT2D eigenvalue weighted by Gasteiger charge is 2.12. The van der Waals surface area contributed by atoms with E-state index in [9.17, 15) is 0 Å². The van der Waals surface area contributed by atoms with E-state index < -0.39 is 0 Å². The molecule has 0 spiro atoms. The van der Waals surface area contributed by atoms with Crippen LogP contribution >= 0.6 is 27.5 Å². The maximum absolute atomic E-state index is 6.28. The summed E-state index contributed by atoms with van der Waals surface area (Å²) in [5.41, 5.74) is 1.10. The standard InChI is InChI=1S/C15H14BrClO2/c1-2-18-15-12(16)8-9-13(14(15)17)19-10-11-6-4-3-5-7-11/h3-9H,2,10H2,1H3. The number of halogens is 2. The van der Waals surface area contributed by atoms with E-state index in [0.717, 1.165) is 10.0 Å². The van der Waals surface area contributed by atoms with E-state index in [1.165, 1.54) is 0 Å². The fourth-order valence-corrected chi connectivity index (χ4v) is 2.47. The van der Waals surface area contributed by atoms with Crippen LogP contribution in [0, 0.1) is 0 Å². The summed E-state index contributed by atoms with van der Waals surface area (Å²) in [6, 6.07) is 13.7. The zero-order valence-corrected chi connectivity index (χ0v) is 12.9. The second kappa shape index (κ2) is 6.83. The molecule has 0 fully saturated rings. The molecule has 0 saturated heterocycles. The lowest BCUT2D eigenvalue weighted by molar-refractivity contribution is 0.299. The Balaban J connectivity index is 2.15. The highest BCUT2D eigenvalue weighted by molar-refractivity contribution is 9.10. The van der Waals surface area contributed by atoms with E-state index in [0.29, 0.717) is 29.7 Å². The largest absolute Gasteiger partial charge is 0.491 e. The van der Waals surface area contributed by atoms with Crippen molar-refractivity contribution in [3.05, 3.63) is 57.5 Å². The van der Waals surface area contributed by atoms with Crippen LogP contribution < -0.4 is 9.47 Å². The van der Waals surface area contributed by atoms with Crippen LogP contribution in [0.1, 0.15) is 12.5 Å². The molecular weight excluding hydrogens is 328 g/mol. The van der Waals surface area contributed by atoms with E-state index in [4.69, 9.17) is 21.1 Å². The molecule has 2 rings (SSSR count). The predicted molar refractivity (Wildman–Crippen MR) is 81.1 cm³/mol. The van der Waals surface area contributed by atoms with Crippen LogP contribution in [0.5, 0.6) is 11.5 Å². The van der Waals surface area contributed by atoms with Gasteiger partial charge in [0.15, 0.2) is 5.75 Å². The molecule has 0 radical (unpaired) electrons. The van der Waals surface area contributed by atoms with Crippen molar-refractivity contribution in [2.45, 2.75) is 13.5 Å². The van der Waals surface area contributed by atoms with Crippen LogP contribution in [-0.4, -0.2) is 6.61 Å². The Kier molecular flexibility index (Phi) is 5.11. The van der Waals surface area contributed by atoms with Crippen LogP contribution in [0.4, 0.5) is 0 Å². The van der Waals surface area contributed by atoms with Crippen molar-refractivity contribution in [3.8, 4) is 11.5 Å². The molecule has 0 aliphatic rings. The van der Waals surface area contributed by atoms with Crippen molar-refractivity contribution >= 4 is 27.5 Å². The lowest BCUT2D eigenvalue weighted by Gasteiger charge is -2.13. The van der Waals surface area contributed by atoms with Crippen molar-refractivity contribution in [2.24, 2.45) is 0 Å². The lowest BCUT2D eigenvalue weighted by Crippen LogP contribution is -1.98. The van der Waals surface area contributed by atoms with Gasteiger partial charge in [-0.05, 0) is 40.5 Å². The van der Waals surface area contributed by atoms with E-state index >= 15 is 0 Å². The fourth-order valence-electron chi connectivity index (χ4n) is 1.64. The van der Waals surface area contributed by atoms with Gasteiger partial charge in [0.05, 0.1) is 11.1 Å². The van der Waals surface area contributed by atoms with Gasteiger partial charge in [0.25, 0.3) is 0 Å². The number of hydrogen-bond acceptors (Lipinski definition) is 2. The summed E-state index contributed by atoms with van der Waals surface area (Å²) in [5.74, 6) is 1.24. The molecule has 0 aromatic heterocycles. The molecule has 2 aromatic rings. The van der Waals surface area contributed by atoms with Gasteiger partial charge in [0, 0.05) is 0 Å². The van der Waals surface area contributed by atoms with Gasteiger partial charge in [-0.2, -0.15) is 0 Å². The number of hydrogen-bond donors (Lipinski definition) is 0. The number of ether oxygens (including phenoxy) is 2. The quantitative estimate of drug-likeness (QED) is 0.755. The monoisotopic (exact) mass is 340 g/mol. The van der Waals surface area contributed by atoms with Gasteiger partial charge in [-0.1, -0.05) is 41.9 Å². The van der Waals surface area contributed by atoms with Crippen LogP contribution in [-0.2, 0) is 6.61 Å². The third-order valence-electron chi connectivity index (χ3n) is 2.54. The van der Waals surface area contributed by atoms with Gasteiger partial charge < -0.3 is 9.47 Å². The van der Waals surface area contributed by atoms with Crippen molar-refractivity contribution in [1.82, 2.24) is 0 Å². The van der Waals surface area contributed by atoms with Crippen molar-refractivity contribution in [3.63, 3.8) is 0 Å². The summed E-state index contributed by atoms with van der Waals surface area (Å²) >= 11 is 9.69. The first kappa shape index (κ1) is 14.2. The molecular formula is C15H14BrClO2. The minimum atomic E-state index is 0.480. The third kappa shape index (κ3) is 3.64. The van der Waals surface area contributed by atoms with Crippen LogP contribution in [0.2, 0.25) is 5.02 Å². The van der Waals surface area contributed by atoms with Gasteiger partial charge in [-0.15, -0.1) is 0 Å². The first-order chi connectivity index (χ1) is 9.22. The minimum absolute atomic E-state index is 0.480. The Morgan fingerprint density at radius 2 is 1.79 bits per heavy atom. The molecule has 0 N–H and O–H groups in total. The van der Waals surface area contributed by atoms with E-state index in [2.05, 4.69) is 15.9 Å². The Labute approximate surface area is 126 Å². The SMILES string of the molecule is CCOc1c(Br)ccc(OCc2ccccc2)c1Cl. The zero-order valence-electron chi connectivity index (χ0n) is 10.5. The highest BCUT2D eigenvalue weighted by Crippen LogP contribution is 2.40. The second-order valence-electron chi connectivity index (χ2n) is 3.90. The summed E-state index contributed by atoms with van der Waals surface area (Å²) < 4.78 is 12.1. The van der Waals surface area contributed by atoms with Gasteiger partial charge in [0.2, 0.25) is 0 Å². The van der Waals surface area contributed by atoms with Crippen LogP contribution in [0.15, 0.2) is 46.9 Å². The number of benzene rings is 2. The molecule has 4 heteroatoms. The number of rotatable bonds is 5. The minimum Gasteiger partial charge on any atom is -0.491 e. The Morgan fingerprint density at radius 3 is 2.47 bits per heavy atom. The molecule has 2 aromatic carbocycles.